The van der Waals surface area contributed by atoms with Gasteiger partial charge in [0.05, 0.1) is 18.8 Å². The van der Waals surface area contributed by atoms with E-state index >= 15 is 0 Å². The van der Waals surface area contributed by atoms with Gasteiger partial charge in [-0.05, 0) is 32.2 Å². The van der Waals surface area contributed by atoms with Gasteiger partial charge in [-0.25, -0.2) is 0 Å². The van der Waals surface area contributed by atoms with Gasteiger partial charge in [-0.15, -0.1) is 24.0 Å². The summed E-state index contributed by atoms with van der Waals surface area (Å²) in [6, 6.07) is 0.610. The summed E-state index contributed by atoms with van der Waals surface area (Å²) in [6.45, 7) is 6.28. The molecule has 4 aliphatic heterocycles. The Labute approximate surface area is 168 Å². The quantitative estimate of drug-likeness (QED) is 0.379. The Morgan fingerprint density at radius 1 is 1.20 bits per heavy atom. The minimum Gasteiger partial charge on any atom is -0.383 e. The third-order valence-corrected chi connectivity index (χ3v) is 6.54. The van der Waals surface area contributed by atoms with Gasteiger partial charge in [-0.3, -0.25) is 9.89 Å². The fourth-order valence-corrected chi connectivity index (χ4v) is 5.30. The molecule has 4 heterocycles. The summed E-state index contributed by atoms with van der Waals surface area (Å²) in [4.78, 5) is 9.59. The number of hydrogen-bond acceptors (Lipinski definition) is 4. The molecule has 4 saturated heterocycles. The molecule has 0 saturated carbocycles. The Morgan fingerprint density at radius 3 is 2.56 bits per heavy atom. The van der Waals surface area contributed by atoms with E-state index in [-0.39, 0.29) is 24.0 Å². The Morgan fingerprint density at radius 2 is 1.92 bits per heavy atom. The number of halogens is 1. The third kappa shape index (κ3) is 3.94. The van der Waals surface area contributed by atoms with Crippen LogP contribution in [0.2, 0.25) is 0 Å². The lowest BCUT2D eigenvalue weighted by molar-refractivity contribution is 0.0766. The lowest BCUT2D eigenvalue weighted by Gasteiger charge is -2.28. The van der Waals surface area contributed by atoms with Gasteiger partial charge >= 0.3 is 0 Å². The van der Waals surface area contributed by atoms with Gasteiger partial charge in [-0.2, -0.15) is 0 Å². The lowest BCUT2D eigenvalue weighted by atomic mass is 9.82. The van der Waals surface area contributed by atoms with Crippen LogP contribution in [0.3, 0.4) is 0 Å². The molecule has 5 atom stereocenters. The van der Waals surface area contributed by atoms with E-state index in [1.54, 1.807) is 7.11 Å². The third-order valence-electron chi connectivity index (χ3n) is 6.54. The number of rotatable bonds is 5. The monoisotopic (exact) mass is 464 g/mol. The van der Waals surface area contributed by atoms with Crippen molar-refractivity contribution in [2.75, 3.05) is 53.5 Å². The maximum absolute atomic E-state index is 6.09. The van der Waals surface area contributed by atoms with E-state index in [1.807, 2.05) is 7.05 Å². The number of likely N-dealkylation sites (tertiary alicyclic amines) is 2. The van der Waals surface area contributed by atoms with Crippen LogP contribution in [0.1, 0.15) is 25.7 Å². The van der Waals surface area contributed by atoms with Crippen molar-refractivity contribution < 1.29 is 9.47 Å². The Balaban J connectivity index is 0.00000182. The number of nitrogens with zero attached hydrogens (tertiary/aromatic N) is 3. The largest absolute Gasteiger partial charge is 0.383 e. The maximum Gasteiger partial charge on any atom is 0.193 e. The van der Waals surface area contributed by atoms with Crippen LogP contribution in [-0.2, 0) is 9.47 Å². The minimum atomic E-state index is 0. The first-order valence-corrected chi connectivity index (χ1v) is 9.64. The molecule has 5 unspecified atom stereocenters. The molecule has 0 radical (unpaired) electrons. The molecule has 0 aliphatic carbocycles. The maximum atomic E-state index is 6.09. The van der Waals surface area contributed by atoms with Gasteiger partial charge in [0, 0.05) is 58.2 Å². The molecule has 144 valence electrons. The molecule has 25 heavy (non-hydrogen) atoms. The van der Waals surface area contributed by atoms with Crippen molar-refractivity contribution in [3.8, 4) is 0 Å². The SMILES string of the molecule is CN=C(NCC1CCCN1CCOC)N1CC2C3CCC(O3)C2C1.I. The molecule has 0 aromatic carbocycles. The normalized spacial score (nSPS) is 37.4. The molecule has 0 spiro atoms. The van der Waals surface area contributed by atoms with Crippen molar-refractivity contribution in [3.05, 3.63) is 0 Å². The van der Waals surface area contributed by atoms with Crippen LogP contribution in [-0.4, -0.2) is 87.5 Å². The van der Waals surface area contributed by atoms with Gasteiger partial charge in [0.1, 0.15) is 0 Å². The molecule has 0 aromatic rings. The number of hydrogen-bond donors (Lipinski definition) is 1. The van der Waals surface area contributed by atoms with E-state index in [0.29, 0.717) is 18.2 Å². The van der Waals surface area contributed by atoms with Crippen LogP contribution in [0.25, 0.3) is 0 Å². The summed E-state index contributed by atoms with van der Waals surface area (Å²) in [5, 5.41) is 3.65. The van der Waals surface area contributed by atoms with Crippen molar-refractivity contribution in [1.82, 2.24) is 15.1 Å². The predicted molar refractivity (Wildman–Crippen MR) is 110 cm³/mol. The zero-order valence-corrected chi connectivity index (χ0v) is 17.9. The van der Waals surface area contributed by atoms with Crippen LogP contribution in [0, 0.1) is 11.8 Å². The summed E-state index contributed by atoms with van der Waals surface area (Å²) in [5.74, 6) is 2.54. The fourth-order valence-electron chi connectivity index (χ4n) is 5.30. The second kappa shape index (κ2) is 8.71. The molecule has 7 heteroatoms. The molecule has 0 amide bonds. The van der Waals surface area contributed by atoms with Crippen LogP contribution in [0.4, 0.5) is 0 Å². The topological polar surface area (TPSA) is 49.3 Å². The van der Waals surface area contributed by atoms with E-state index in [4.69, 9.17) is 9.47 Å². The summed E-state index contributed by atoms with van der Waals surface area (Å²) < 4.78 is 11.3. The Bertz CT molecular complexity index is 460. The van der Waals surface area contributed by atoms with Gasteiger partial charge in [0.15, 0.2) is 5.96 Å². The fraction of sp³-hybridized carbons (Fsp3) is 0.944. The number of methoxy groups -OCH3 is 1. The molecule has 4 fully saturated rings. The van der Waals surface area contributed by atoms with Crippen molar-refractivity contribution in [2.24, 2.45) is 16.8 Å². The van der Waals surface area contributed by atoms with E-state index in [1.165, 1.54) is 32.2 Å². The molecule has 1 N–H and O–H groups in total. The zero-order valence-electron chi connectivity index (χ0n) is 15.5. The zero-order chi connectivity index (χ0) is 16.5. The Hall–Kier alpha value is -0.120. The van der Waals surface area contributed by atoms with Crippen LogP contribution >= 0.6 is 24.0 Å². The molecule has 4 aliphatic rings. The average Bonchev–Trinajstić information content (AvgIpc) is 3.35. The first-order chi connectivity index (χ1) is 11.8. The van der Waals surface area contributed by atoms with Gasteiger partial charge in [0.25, 0.3) is 0 Å². The molecular formula is C18H33IN4O2. The van der Waals surface area contributed by atoms with E-state index < -0.39 is 0 Å². The first kappa shape index (κ1) is 19.6. The van der Waals surface area contributed by atoms with Gasteiger partial charge in [0.2, 0.25) is 0 Å². The molecule has 4 rings (SSSR count). The summed E-state index contributed by atoms with van der Waals surface area (Å²) in [7, 11) is 3.70. The number of nitrogens with one attached hydrogen (secondary N) is 1. The van der Waals surface area contributed by atoms with Crippen LogP contribution < -0.4 is 5.32 Å². The second-order valence-electron chi connectivity index (χ2n) is 7.78. The molecular weight excluding hydrogens is 431 g/mol. The predicted octanol–water partition coefficient (Wildman–Crippen LogP) is 1.40. The van der Waals surface area contributed by atoms with Crippen LogP contribution in [0.15, 0.2) is 4.99 Å². The van der Waals surface area contributed by atoms with Crippen LogP contribution in [0.5, 0.6) is 0 Å². The highest BCUT2D eigenvalue weighted by molar-refractivity contribution is 14.0. The van der Waals surface area contributed by atoms with E-state index in [9.17, 15) is 0 Å². The highest BCUT2D eigenvalue weighted by Crippen LogP contribution is 2.47. The summed E-state index contributed by atoms with van der Waals surface area (Å²) in [5.41, 5.74) is 0. The number of ether oxygens (including phenoxy) is 2. The van der Waals surface area contributed by atoms with Crippen molar-refractivity contribution >= 4 is 29.9 Å². The lowest BCUT2D eigenvalue weighted by Crippen LogP contribution is -2.47. The highest BCUT2D eigenvalue weighted by atomic mass is 127. The minimum absolute atomic E-state index is 0. The van der Waals surface area contributed by atoms with Gasteiger partial charge in [-0.1, -0.05) is 0 Å². The smallest absolute Gasteiger partial charge is 0.193 e. The van der Waals surface area contributed by atoms with Crippen molar-refractivity contribution in [3.63, 3.8) is 0 Å². The number of fused-ring (bicyclic) bond motifs is 5. The molecule has 2 bridgehead atoms. The number of aliphatic imine (C=N–C) groups is 1. The molecule has 6 nitrogen and oxygen atoms in total. The van der Waals surface area contributed by atoms with E-state index in [2.05, 4.69) is 20.1 Å². The molecule has 0 aromatic heterocycles. The van der Waals surface area contributed by atoms with E-state index in [0.717, 1.165) is 50.6 Å². The standard InChI is InChI=1S/C18H32N4O2.HI/c1-19-18(20-10-13-4-3-7-21(13)8-9-23-2)22-11-14-15(12-22)17-6-5-16(14)24-17;/h13-17H,3-12H2,1-2H3,(H,19,20);1H. The Kier molecular flexibility index (Phi) is 6.84. The van der Waals surface area contributed by atoms with Gasteiger partial charge < -0.3 is 19.7 Å². The second-order valence-corrected chi connectivity index (χ2v) is 7.78. The highest BCUT2D eigenvalue weighted by Gasteiger charge is 2.53. The average molecular weight is 464 g/mol. The summed E-state index contributed by atoms with van der Waals surface area (Å²) in [6.07, 6.45) is 6.13. The first-order valence-electron chi connectivity index (χ1n) is 9.64. The van der Waals surface area contributed by atoms with Crippen molar-refractivity contribution in [2.45, 2.75) is 43.9 Å². The van der Waals surface area contributed by atoms with Crippen molar-refractivity contribution in [1.29, 1.82) is 0 Å². The summed E-state index contributed by atoms with van der Waals surface area (Å²) >= 11 is 0. The number of guanidine groups is 1.